The molecule has 3 heteroatoms. The summed E-state index contributed by atoms with van der Waals surface area (Å²) in [5.74, 6) is 0.331. The lowest BCUT2D eigenvalue weighted by Gasteiger charge is -2.15. The van der Waals surface area contributed by atoms with Crippen LogP contribution in [0.1, 0.15) is 35.5 Å². The van der Waals surface area contributed by atoms with Crippen LogP contribution in [-0.2, 0) is 6.42 Å². The third kappa shape index (κ3) is 1.67. The van der Waals surface area contributed by atoms with Gasteiger partial charge in [0.25, 0.3) is 0 Å². The molecule has 0 bridgehead atoms. The first-order valence-electron chi connectivity index (χ1n) is 4.53. The molecule has 13 heavy (non-hydrogen) atoms. The van der Waals surface area contributed by atoms with E-state index < -0.39 is 0 Å². The van der Waals surface area contributed by atoms with Crippen LogP contribution in [0.3, 0.4) is 0 Å². The third-order valence-corrected chi connectivity index (χ3v) is 4.79. The molecule has 1 nitrogen and oxygen atoms in total. The highest BCUT2D eigenvalue weighted by Crippen LogP contribution is 2.40. The summed E-state index contributed by atoms with van der Waals surface area (Å²) >= 11 is 3.63. The minimum Gasteiger partial charge on any atom is -0.294 e. The first-order chi connectivity index (χ1) is 6.20. The SMILES string of the molecule is CCc1cc2c(s1)SC(C)CC2=O. The van der Waals surface area contributed by atoms with Gasteiger partial charge in [0.2, 0.25) is 0 Å². The number of rotatable bonds is 1. The molecule has 1 unspecified atom stereocenters. The van der Waals surface area contributed by atoms with Crippen LogP contribution in [0.25, 0.3) is 0 Å². The van der Waals surface area contributed by atoms with Crippen LogP contribution in [0, 0.1) is 0 Å². The Labute approximate surface area is 86.5 Å². The van der Waals surface area contributed by atoms with Gasteiger partial charge in [0.05, 0.1) is 4.21 Å². The number of hydrogen-bond donors (Lipinski definition) is 0. The van der Waals surface area contributed by atoms with Gasteiger partial charge in [-0.05, 0) is 12.5 Å². The Morgan fingerprint density at radius 2 is 2.38 bits per heavy atom. The van der Waals surface area contributed by atoms with Gasteiger partial charge in [-0.15, -0.1) is 23.1 Å². The molecule has 0 fully saturated rings. The number of hydrogen-bond acceptors (Lipinski definition) is 3. The molecule has 0 spiro atoms. The lowest BCUT2D eigenvalue weighted by atomic mass is 10.1. The number of carbonyl (C=O) groups is 1. The van der Waals surface area contributed by atoms with Crippen molar-refractivity contribution in [1.82, 2.24) is 0 Å². The van der Waals surface area contributed by atoms with Crippen molar-refractivity contribution in [3.05, 3.63) is 16.5 Å². The molecule has 0 saturated carbocycles. The van der Waals surface area contributed by atoms with E-state index in [9.17, 15) is 4.79 Å². The molecule has 0 amide bonds. The standard InChI is InChI=1S/C10H12OS2/c1-3-7-5-8-9(11)4-6(2)12-10(8)13-7/h5-6H,3-4H2,1-2H3. The Hall–Kier alpha value is -0.280. The lowest BCUT2D eigenvalue weighted by Crippen LogP contribution is -2.12. The van der Waals surface area contributed by atoms with E-state index in [-0.39, 0.29) is 0 Å². The normalized spacial score (nSPS) is 21.7. The van der Waals surface area contributed by atoms with Gasteiger partial charge in [-0.3, -0.25) is 4.79 Å². The van der Waals surface area contributed by atoms with Crippen molar-refractivity contribution >= 4 is 28.9 Å². The molecule has 1 aromatic rings. The van der Waals surface area contributed by atoms with Crippen molar-refractivity contribution in [2.45, 2.75) is 36.1 Å². The van der Waals surface area contributed by atoms with E-state index in [1.54, 1.807) is 11.3 Å². The predicted octanol–water partition coefficient (Wildman–Crippen LogP) is 3.38. The number of aryl methyl sites for hydroxylation is 1. The maximum absolute atomic E-state index is 11.6. The number of fused-ring (bicyclic) bond motifs is 1. The molecule has 1 atom stereocenters. The van der Waals surface area contributed by atoms with Crippen LogP contribution in [-0.4, -0.2) is 11.0 Å². The van der Waals surface area contributed by atoms with E-state index in [1.165, 1.54) is 9.09 Å². The fraction of sp³-hybridized carbons (Fsp3) is 0.500. The Kier molecular flexibility index (Phi) is 2.47. The van der Waals surface area contributed by atoms with Crippen molar-refractivity contribution in [2.24, 2.45) is 0 Å². The minimum absolute atomic E-state index is 0.331. The molecule has 0 aliphatic carbocycles. The molecule has 1 aromatic heterocycles. The molecule has 0 saturated heterocycles. The monoisotopic (exact) mass is 212 g/mol. The largest absolute Gasteiger partial charge is 0.294 e. The second-order valence-corrected chi connectivity index (χ2v) is 6.17. The zero-order chi connectivity index (χ0) is 9.42. The van der Waals surface area contributed by atoms with Crippen molar-refractivity contribution in [1.29, 1.82) is 0 Å². The molecule has 0 N–H and O–H groups in total. The van der Waals surface area contributed by atoms with Crippen LogP contribution in [0.2, 0.25) is 0 Å². The van der Waals surface area contributed by atoms with Crippen molar-refractivity contribution < 1.29 is 4.79 Å². The second-order valence-electron chi connectivity index (χ2n) is 3.32. The summed E-state index contributed by atoms with van der Waals surface area (Å²) in [6.45, 7) is 4.26. The Bertz CT molecular complexity index is 341. The van der Waals surface area contributed by atoms with Crippen LogP contribution in [0.4, 0.5) is 0 Å². The Morgan fingerprint density at radius 3 is 3.08 bits per heavy atom. The number of ketones is 1. The lowest BCUT2D eigenvalue weighted by molar-refractivity contribution is 0.0979. The molecule has 1 aliphatic heterocycles. The summed E-state index contributed by atoms with van der Waals surface area (Å²) < 4.78 is 1.24. The quantitative estimate of drug-likeness (QED) is 0.710. The number of thiophene rings is 1. The first kappa shape index (κ1) is 9.28. The third-order valence-electron chi connectivity index (χ3n) is 2.18. The second kappa shape index (κ2) is 3.46. The summed E-state index contributed by atoms with van der Waals surface area (Å²) in [6, 6.07) is 2.07. The molecule has 2 heterocycles. The summed E-state index contributed by atoms with van der Waals surface area (Å²) in [6.07, 6.45) is 1.75. The Balaban J connectivity index is 2.40. The highest BCUT2D eigenvalue weighted by molar-refractivity contribution is 8.01. The molecule has 0 radical (unpaired) electrons. The fourth-order valence-corrected chi connectivity index (χ4v) is 4.22. The zero-order valence-electron chi connectivity index (χ0n) is 7.79. The average Bonchev–Trinajstić information content (AvgIpc) is 2.47. The maximum atomic E-state index is 11.6. The number of thioether (sulfide) groups is 1. The smallest absolute Gasteiger partial charge is 0.165 e. The van der Waals surface area contributed by atoms with Gasteiger partial charge in [-0.25, -0.2) is 0 Å². The van der Waals surface area contributed by atoms with E-state index in [2.05, 4.69) is 19.9 Å². The fourth-order valence-electron chi connectivity index (χ4n) is 1.47. The minimum atomic E-state index is 0.331. The van der Waals surface area contributed by atoms with E-state index in [4.69, 9.17) is 0 Å². The maximum Gasteiger partial charge on any atom is 0.165 e. The molecular weight excluding hydrogens is 200 g/mol. The van der Waals surface area contributed by atoms with Gasteiger partial charge in [0.1, 0.15) is 0 Å². The van der Waals surface area contributed by atoms with Crippen LogP contribution >= 0.6 is 23.1 Å². The van der Waals surface area contributed by atoms with Gasteiger partial charge < -0.3 is 0 Å². The van der Waals surface area contributed by atoms with E-state index >= 15 is 0 Å². The first-order valence-corrected chi connectivity index (χ1v) is 6.23. The van der Waals surface area contributed by atoms with Gasteiger partial charge in [-0.1, -0.05) is 13.8 Å². The molecule has 70 valence electrons. The number of Topliss-reactive ketones (excluding diaryl/α,β-unsaturated/α-hetero) is 1. The molecular formula is C10H12OS2. The molecule has 1 aliphatic rings. The van der Waals surface area contributed by atoms with Crippen LogP contribution in [0.5, 0.6) is 0 Å². The van der Waals surface area contributed by atoms with Crippen molar-refractivity contribution in [3.63, 3.8) is 0 Å². The number of carbonyl (C=O) groups excluding carboxylic acids is 1. The predicted molar refractivity (Wildman–Crippen MR) is 58.0 cm³/mol. The van der Waals surface area contributed by atoms with Gasteiger partial charge in [-0.2, -0.15) is 0 Å². The van der Waals surface area contributed by atoms with Crippen LogP contribution < -0.4 is 0 Å². The van der Waals surface area contributed by atoms with E-state index in [0.29, 0.717) is 17.5 Å². The zero-order valence-corrected chi connectivity index (χ0v) is 9.43. The summed E-state index contributed by atoms with van der Waals surface area (Å²) in [7, 11) is 0. The van der Waals surface area contributed by atoms with Gasteiger partial charge in [0, 0.05) is 22.1 Å². The Morgan fingerprint density at radius 1 is 1.62 bits per heavy atom. The summed E-state index contributed by atoms with van der Waals surface area (Å²) in [5.41, 5.74) is 0.977. The summed E-state index contributed by atoms with van der Waals surface area (Å²) in [5, 5.41) is 0.461. The average molecular weight is 212 g/mol. The van der Waals surface area contributed by atoms with Gasteiger partial charge in [0.15, 0.2) is 5.78 Å². The van der Waals surface area contributed by atoms with Gasteiger partial charge >= 0.3 is 0 Å². The highest BCUT2D eigenvalue weighted by atomic mass is 32.2. The van der Waals surface area contributed by atoms with Crippen molar-refractivity contribution in [3.8, 4) is 0 Å². The topological polar surface area (TPSA) is 17.1 Å². The molecule has 0 aromatic carbocycles. The van der Waals surface area contributed by atoms with Crippen molar-refractivity contribution in [2.75, 3.05) is 0 Å². The van der Waals surface area contributed by atoms with Crippen LogP contribution in [0.15, 0.2) is 10.3 Å². The molecule has 2 rings (SSSR count). The van der Waals surface area contributed by atoms with E-state index in [1.807, 2.05) is 11.8 Å². The van der Waals surface area contributed by atoms with E-state index in [0.717, 1.165) is 12.0 Å². The highest BCUT2D eigenvalue weighted by Gasteiger charge is 2.24. The summed E-state index contributed by atoms with van der Waals surface area (Å²) in [4.78, 5) is 13.0.